The van der Waals surface area contributed by atoms with Crippen molar-refractivity contribution in [1.82, 2.24) is 10.6 Å². The first kappa shape index (κ1) is 8.53. The molecule has 0 aliphatic carbocycles. The molecule has 3 heteroatoms. The van der Waals surface area contributed by atoms with Crippen LogP contribution in [0.15, 0.2) is 24.3 Å². The number of hydrogen-bond donors (Lipinski definition) is 3. The maximum Gasteiger partial charge on any atom is 0.120 e. The van der Waals surface area contributed by atoms with Gasteiger partial charge in [0, 0.05) is 31.2 Å². The van der Waals surface area contributed by atoms with E-state index in [1.165, 1.54) is 0 Å². The lowest BCUT2D eigenvalue weighted by molar-refractivity contribution is 0.404. The van der Waals surface area contributed by atoms with Crippen LogP contribution in [0.4, 0.5) is 0 Å². The van der Waals surface area contributed by atoms with Crippen molar-refractivity contribution in [2.75, 3.05) is 19.6 Å². The van der Waals surface area contributed by atoms with E-state index in [2.05, 4.69) is 10.6 Å². The molecule has 0 saturated carbocycles. The summed E-state index contributed by atoms with van der Waals surface area (Å²) in [7, 11) is 0. The van der Waals surface area contributed by atoms with E-state index in [1.807, 2.05) is 18.2 Å². The van der Waals surface area contributed by atoms with Crippen LogP contribution in [-0.4, -0.2) is 24.7 Å². The quantitative estimate of drug-likeness (QED) is 0.591. The summed E-state index contributed by atoms with van der Waals surface area (Å²) in [5, 5.41) is 16.2. The fourth-order valence-electron chi connectivity index (χ4n) is 1.66. The van der Waals surface area contributed by atoms with Gasteiger partial charge in [0.25, 0.3) is 0 Å². The van der Waals surface area contributed by atoms with Crippen LogP contribution in [0, 0.1) is 0 Å². The lowest BCUT2D eigenvalue weighted by Crippen LogP contribution is -2.42. The van der Waals surface area contributed by atoms with E-state index in [1.54, 1.807) is 6.07 Å². The summed E-state index contributed by atoms with van der Waals surface area (Å²) in [6.45, 7) is 2.85. The number of hydrogen-bond acceptors (Lipinski definition) is 3. The Hall–Kier alpha value is -1.06. The molecule has 2 rings (SSSR count). The molecule has 0 radical (unpaired) electrons. The Labute approximate surface area is 77.8 Å². The maximum absolute atomic E-state index is 9.59. The predicted octanol–water partition coefficient (Wildman–Crippen LogP) is 0.626. The first-order valence-corrected chi connectivity index (χ1v) is 4.60. The second kappa shape index (κ2) is 3.77. The fourth-order valence-corrected chi connectivity index (χ4v) is 1.66. The molecule has 0 aromatic heterocycles. The van der Waals surface area contributed by atoms with Crippen LogP contribution in [0.5, 0.6) is 5.75 Å². The Morgan fingerprint density at radius 2 is 2.08 bits per heavy atom. The topological polar surface area (TPSA) is 44.3 Å². The van der Waals surface area contributed by atoms with Gasteiger partial charge in [-0.25, -0.2) is 0 Å². The Bertz CT molecular complexity index is 282. The fraction of sp³-hybridized carbons (Fsp3) is 0.400. The van der Waals surface area contributed by atoms with Gasteiger partial charge in [-0.05, 0) is 6.07 Å². The highest BCUT2D eigenvalue weighted by molar-refractivity contribution is 5.34. The highest BCUT2D eigenvalue weighted by Crippen LogP contribution is 2.23. The van der Waals surface area contributed by atoms with Crippen molar-refractivity contribution < 1.29 is 5.11 Å². The molecule has 1 aromatic rings. The lowest BCUT2D eigenvalue weighted by Gasteiger charge is -2.25. The number of benzene rings is 1. The molecule has 0 bridgehead atoms. The molecule has 3 N–H and O–H groups in total. The number of rotatable bonds is 1. The zero-order valence-electron chi connectivity index (χ0n) is 7.46. The van der Waals surface area contributed by atoms with Crippen molar-refractivity contribution >= 4 is 0 Å². The third-order valence-electron chi connectivity index (χ3n) is 2.35. The highest BCUT2D eigenvalue weighted by Gasteiger charge is 2.16. The molecular formula is C10H14N2O. The zero-order valence-corrected chi connectivity index (χ0v) is 7.46. The van der Waals surface area contributed by atoms with Crippen LogP contribution in [0.1, 0.15) is 11.6 Å². The molecule has 0 amide bonds. The van der Waals surface area contributed by atoms with E-state index in [0.717, 1.165) is 25.2 Å². The Kier molecular flexibility index (Phi) is 2.47. The summed E-state index contributed by atoms with van der Waals surface area (Å²) >= 11 is 0. The van der Waals surface area contributed by atoms with Crippen molar-refractivity contribution in [3.63, 3.8) is 0 Å². The van der Waals surface area contributed by atoms with E-state index < -0.39 is 0 Å². The highest BCUT2D eigenvalue weighted by atomic mass is 16.3. The van der Waals surface area contributed by atoms with Gasteiger partial charge in [-0.3, -0.25) is 0 Å². The average Bonchev–Trinajstić information content (AvgIpc) is 2.20. The van der Waals surface area contributed by atoms with Crippen LogP contribution in [0.25, 0.3) is 0 Å². The maximum atomic E-state index is 9.59. The lowest BCUT2D eigenvalue weighted by atomic mass is 10.0. The molecular weight excluding hydrogens is 164 g/mol. The number of phenols is 1. The molecule has 0 unspecified atom stereocenters. The Balaban J connectivity index is 2.18. The van der Waals surface area contributed by atoms with Crippen molar-refractivity contribution in [2.24, 2.45) is 0 Å². The molecule has 13 heavy (non-hydrogen) atoms. The van der Waals surface area contributed by atoms with Gasteiger partial charge in [-0.2, -0.15) is 0 Å². The van der Waals surface area contributed by atoms with Crippen molar-refractivity contribution in [2.45, 2.75) is 6.04 Å². The predicted molar refractivity (Wildman–Crippen MR) is 51.7 cm³/mol. The van der Waals surface area contributed by atoms with Crippen molar-refractivity contribution in [3.05, 3.63) is 29.8 Å². The van der Waals surface area contributed by atoms with Gasteiger partial charge in [0.05, 0.1) is 0 Å². The number of nitrogens with one attached hydrogen (secondary N) is 2. The monoisotopic (exact) mass is 178 g/mol. The number of phenolic OH excluding ortho intramolecular Hbond substituents is 1. The smallest absolute Gasteiger partial charge is 0.120 e. The van der Waals surface area contributed by atoms with Crippen LogP contribution >= 0.6 is 0 Å². The van der Waals surface area contributed by atoms with E-state index >= 15 is 0 Å². The molecule has 1 atom stereocenters. The first-order valence-electron chi connectivity index (χ1n) is 4.60. The number of aromatic hydroxyl groups is 1. The normalized spacial score (nSPS) is 22.9. The minimum absolute atomic E-state index is 0.245. The number of para-hydroxylation sites is 1. The molecule has 1 fully saturated rings. The standard InChI is InChI=1S/C10H14N2O/c13-10-4-2-1-3-8(10)9-7-11-5-6-12-9/h1-4,9,11-13H,5-7H2/t9-/m0/s1. The van der Waals surface area contributed by atoms with Crippen LogP contribution in [0.3, 0.4) is 0 Å². The van der Waals surface area contributed by atoms with Gasteiger partial charge < -0.3 is 15.7 Å². The third-order valence-corrected chi connectivity index (χ3v) is 2.35. The third kappa shape index (κ3) is 1.82. The van der Waals surface area contributed by atoms with E-state index in [9.17, 15) is 5.11 Å². The number of piperazine rings is 1. The SMILES string of the molecule is Oc1ccccc1[C@@H]1CNCCN1. The van der Waals surface area contributed by atoms with Gasteiger partial charge in [-0.1, -0.05) is 18.2 Å². The molecule has 70 valence electrons. The van der Waals surface area contributed by atoms with Gasteiger partial charge >= 0.3 is 0 Å². The Morgan fingerprint density at radius 3 is 2.77 bits per heavy atom. The van der Waals surface area contributed by atoms with E-state index in [-0.39, 0.29) is 6.04 Å². The van der Waals surface area contributed by atoms with Crippen molar-refractivity contribution in [3.8, 4) is 5.75 Å². The summed E-state index contributed by atoms with van der Waals surface area (Å²) in [6.07, 6.45) is 0. The van der Waals surface area contributed by atoms with Crippen LogP contribution < -0.4 is 10.6 Å². The second-order valence-electron chi connectivity index (χ2n) is 3.27. The summed E-state index contributed by atoms with van der Waals surface area (Å²) in [6, 6.07) is 7.72. The van der Waals surface area contributed by atoms with Crippen molar-refractivity contribution in [1.29, 1.82) is 0 Å². The summed E-state index contributed by atoms with van der Waals surface area (Å²) in [5.41, 5.74) is 0.981. The van der Waals surface area contributed by atoms with Gasteiger partial charge in [0.15, 0.2) is 0 Å². The minimum Gasteiger partial charge on any atom is -0.508 e. The molecule has 3 nitrogen and oxygen atoms in total. The summed E-state index contributed by atoms with van der Waals surface area (Å²) < 4.78 is 0. The largest absolute Gasteiger partial charge is 0.508 e. The first-order chi connectivity index (χ1) is 6.38. The van der Waals surface area contributed by atoms with Gasteiger partial charge in [0.2, 0.25) is 0 Å². The molecule has 1 aromatic carbocycles. The summed E-state index contributed by atoms with van der Waals surface area (Å²) in [4.78, 5) is 0. The van der Waals surface area contributed by atoms with E-state index in [0.29, 0.717) is 5.75 Å². The van der Waals surface area contributed by atoms with Gasteiger partial charge in [0.1, 0.15) is 5.75 Å². The minimum atomic E-state index is 0.245. The van der Waals surface area contributed by atoms with E-state index in [4.69, 9.17) is 0 Å². The van der Waals surface area contributed by atoms with Crippen LogP contribution in [0.2, 0.25) is 0 Å². The molecule has 0 spiro atoms. The molecule has 1 saturated heterocycles. The second-order valence-corrected chi connectivity index (χ2v) is 3.27. The molecule has 1 aliphatic heterocycles. The average molecular weight is 178 g/mol. The molecule has 1 aliphatic rings. The molecule has 1 heterocycles. The summed E-state index contributed by atoms with van der Waals surface area (Å²) in [5.74, 6) is 0.378. The zero-order chi connectivity index (χ0) is 9.10. The Morgan fingerprint density at radius 1 is 1.23 bits per heavy atom. The van der Waals surface area contributed by atoms with Crippen LogP contribution in [-0.2, 0) is 0 Å². The van der Waals surface area contributed by atoms with Gasteiger partial charge in [-0.15, -0.1) is 0 Å².